The number of halogens is 2. The Bertz CT molecular complexity index is 304. The molecule has 0 aromatic heterocycles. The molecule has 1 atom stereocenters. The molecule has 4 heteroatoms. The van der Waals surface area contributed by atoms with Crippen molar-refractivity contribution in [1.82, 2.24) is 0 Å². The van der Waals surface area contributed by atoms with Crippen LogP contribution in [-0.4, -0.2) is 18.8 Å². The monoisotopic (exact) mass is 218 g/mol. The Labute approximate surface area is 87.3 Å². The van der Waals surface area contributed by atoms with E-state index >= 15 is 0 Å². The van der Waals surface area contributed by atoms with E-state index in [-0.39, 0.29) is 5.02 Å². The van der Waals surface area contributed by atoms with Crippen molar-refractivity contribution in [3.05, 3.63) is 34.6 Å². The van der Waals surface area contributed by atoms with Gasteiger partial charge in [-0.25, -0.2) is 4.39 Å². The smallest absolute Gasteiger partial charge is 0.124 e. The molecule has 1 rings (SSSR count). The Morgan fingerprint density at radius 2 is 2.29 bits per heavy atom. The van der Waals surface area contributed by atoms with Crippen LogP contribution >= 0.6 is 11.6 Å². The first-order valence-electron chi connectivity index (χ1n) is 4.27. The summed E-state index contributed by atoms with van der Waals surface area (Å²) in [4.78, 5) is 0. The van der Waals surface area contributed by atoms with Crippen molar-refractivity contribution in [3.8, 4) is 0 Å². The molecule has 78 valence electrons. The van der Waals surface area contributed by atoms with Gasteiger partial charge in [-0.2, -0.15) is 0 Å². The molecule has 0 aliphatic heterocycles. The molecule has 1 aromatic rings. The Balaban J connectivity index is 2.74. The van der Waals surface area contributed by atoms with Crippen molar-refractivity contribution in [2.45, 2.75) is 12.5 Å². The van der Waals surface area contributed by atoms with Crippen molar-refractivity contribution in [2.75, 3.05) is 13.7 Å². The lowest BCUT2D eigenvalue weighted by Crippen LogP contribution is -2.02. The number of ether oxygens (including phenoxy) is 1. The lowest BCUT2D eigenvalue weighted by molar-refractivity contribution is 0.110. The topological polar surface area (TPSA) is 29.5 Å². The highest BCUT2D eigenvalue weighted by molar-refractivity contribution is 6.31. The third-order valence-electron chi connectivity index (χ3n) is 1.92. The molecular formula is C10H12ClFO2. The van der Waals surface area contributed by atoms with Crippen LogP contribution < -0.4 is 0 Å². The van der Waals surface area contributed by atoms with E-state index in [0.717, 1.165) is 0 Å². The summed E-state index contributed by atoms with van der Waals surface area (Å²) in [6, 6.07) is 3.95. The predicted octanol–water partition coefficient (Wildman–Crippen LogP) is 2.55. The van der Waals surface area contributed by atoms with Gasteiger partial charge in [0.2, 0.25) is 0 Å². The van der Waals surface area contributed by atoms with Crippen LogP contribution in [0, 0.1) is 5.82 Å². The van der Waals surface area contributed by atoms with Crippen molar-refractivity contribution < 1.29 is 14.2 Å². The molecule has 0 aliphatic carbocycles. The molecule has 0 fully saturated rings. The van der Waals surface area contributed by atoms with Crippen LogP contribution in [0.2, 0.25) is 5.02 Å². The number of hydrogen-bond acceptors (Lipinski definition) is 2. The van der Waals surface area contributed by atoms with Crippen LogP contribution in [0.25, 0.3) is 0 Å². The summed E-state index contributed by atoms with van der Waals surface area (Å²) >= 11 is 5.76. The van der Waals surface area contributed by atoms with E-state index in [9.17, 15) is 9.50 Å². The first-order valence-corrected chi connectivity index (χ1v) is 4.65. The SMILES string of the molecule is COCCC(O)c1ccc(F)cc1Cl. The number of hydrogen-bond donors (Lipinski definition) is 1. The number of aliphatic hydroxyl groups is 1. The van der Waals surface area contributed by atoms with Crippen molar-refractivity contribution in [2.24, 2.45) is 0 Å². The first-order chi connectivity index (χ1) is 6.65. The standard InChI is InChI=1S/C10H12ClFO2/c1-14-5-4-10(13)8-3-2-7(12)6-9(8)11/h2-3,6,10,13H,4-5H2,1H3. The maximum absolute atomic E-state index is 12.7. The van der Waals surface area contributed by atoms with E-state index in [4.69, 9.17) is 16.3 Å². The van der Waals surface area contributed by atoms with Crippen LogP contribution in [0.4, 0.5) is 4.39 Å². The van der Waals surface area contributed by atoms with Crippen molar-refractivity contribution in [3.63, 3.8) is 0 Å². The fourth-order valence-electron chi connectivity index (χ4n) is 1.16. The van der Waals surface area contributed by atoms with E-state index in [1.54, 1.807) is 7.11 Å². The van der Waals surface area contributed by atoms with Gasteiger partial charge in [-0.3, -0.25) is 0 Å². The molecular weight excluding hydrogens is 207 g/mol. The van der Waals surface area contributed by atoms with E-state index in [1.165, 1.54) is 18.2 Å². The molecule has 0 amide bonds. The Morgan fingerprint density at radius 3 is 2.86 bits per heavy atom. The number of methoxy groups -OCH3 is 1. The van der Waals surface area contributed by atoms with Gasteiger partial charge in [0.1, 0.15) is 5.82 Å². The molecule has 14 heavy (non-hydrogen) atoms. The minimum atomic E-state index is -0.706. The number of benzene rings is 1. The largest absolute Gasteiger partial charge is 0.388 e. The van der Waals surface area contributed by atoms with Gasteiger partial charge < -0.3 is 9.84 Å². The fraction of sp³-hybridized carbons (Fsp3) is 0.400. The molecule has 2 nitrogen and oxygen atoms in total. The van der Waals surface area contributed by atoms with Crippen LogP contribution in [-0.2, 0) is 4.74 Å². The molecule has 0 bridgehead atoms. The van der Waals surface area contributed by atoms with Crippen LogP contribution in [0.3, 0.4) is 0 Å². The minimum Gasteiger partial charge on any atom is -0.388 e. The van der Waals surface area contributed by atoms with Gasteiger partial charge in [-0.15, -0.1) is 0 Å². The fourth-order valence-corrected chi connectivity index (χ4v) is 1.45. The van der Waals surface area contributed by atoms with Gasteiger partial charge in [0.25, 0.3) is 0 Å². The van der Waals surface area contributed by atoms with Crippen LogP contribution in [0.1, 0.15) is 18.1 Å². The second-order valence-corrected chi connectivity index (χ2v) is 3.37. The molecule has 1 aromatic carbocycles. The highest BCUT2D eigenvalue weighted by atomic mass is 35.5. The van der Waals surface area contributed by atoms with Crippen LogP contribution in [0.15, 0.2) is 18.2 Å². The minimum absolute atomic E-state index is 0.244. The summed E-state index contributed by atoms with van der Waals surface area (Å²) in [6.45, 7) is 0.439. The van der Waals surface area contributed by atoms with Gasteiger partial charge >= 0.3 is 0 Å². The molecule has 0 saturated carbocycles. The summed E-state index contributed by atoms with van der Waals surface area (Å²) in [5, 5.41) is 9.88. The first kappa shape index (κ1) is 11.4. The van der Waals surface area contributed by atoms with E-state index in [1.807, 2.05) is 0 Å². The van der Waals surface area contributed by atoms with E-state index < -0.39 is 11.9 Å². The lowest BCUT2D eigenvalue weighted by atomic mass is 10.1. The van der Waals surface area contributed by atoms with Gasteiger partial charge in [0.05, 0.1) is 6.10 Å². The molecule has 1 unspecified atom stereocenters. The molecule has 0 heterocycles. The maximum Gasteiger partial charge on any atom is 0.124 e. The summed E-state index contributed by atoms with van der Waals surface area (Å²) in [6.07, 6.45) is -0.259. The quantitative estimate of drug-likeness (QED) is 0.842. The zero-order valence-corrected chi connectivity index (χ0v) is 8.59. The van der Waals surface area contributed by atoms with Gasteiger partial charge in [-0.05, 0) is 17.7 Å². The molecule has 0 radical (unpaired) electrons. The maximum atomic E-state index is 12.7. The van der Waals surface area contributed by atoms with E-state index in [2.05, 4.69) is 0 Å². The Hall–Kier alpha value is -0.640. The average Bonchev–Trinajstić information content (AvgIpc) is 2.14. The summed E-state index contributed by atoms with van der Waals surface area (Å²) in [5.74, 6) is -0.405. The Kier molecular flexibility index (Phi) is 4.32. The van der Waals surface area contributed by atoms with Crippen molar-refractivity contribution >= 4 is 11.6 Å². The summed E-state index contributed by atoms with van der Waals surface area (Å²) < 4.78 is 17.5. The van der Waals surface area contributed by atoms with Crippen LogP contribution in [0.5, 0.6) is 0 Å². The highest BCUT2D eigenvalue weighted by Gasteiger charge is 2.11. The molecule has 0 spiro atoms. The molecule has 1 N–H and O–H groups in total. The van der Waals surface area contributed by atoms with E-state index in [0.29, 0.717) is 18.6 Å². The average molecular weight is 219 g/mol. The second kappa shape index (κ2) is 5.29. The van der Waals surface area contributed by atoms with Gasteiger partial charge in [0, 0.05) is 25.2 Å². The normalized spacial score (nSPS) is 12.9. The third-order valence-corrected chi connectivity index (χ3v) is 2.24. The zero-order valence-electron chi connectivity index (χ0n) is 7.84. The number of rotatable bonds is 4. The highest BCUT2D eigenvalue weighted by Crippen LogP contribution is 2.25. The lowest BCUT2D eigenvalue weighted by Gasteiger charge is -2.11. The summed E-state index contributed by atoms with van der Waals surface area (Å²) in [7, 11) is 1.55. The number of aliphatic hydroxyl groups excluding tert-OH is 1. The third kappa shape index (κ3) is 2.94. The zero-order chi connectivity index (χ0) is 10.6. The predicted molar refractivity (Wildman–Crippen MR) is 52.9 cm³/mol. The van der Waals surface area contributed by atoms with Gasteiger partial charge in [-0.1, -0.05) is 17.7 Å². The van der Waals surface area contributed by atoms with Gasteiger partial charge in [0.15, 0.2) is 0 Å². The molecule has 0 aliphatic rings. The molecule has 0 saturated heterocycles. The van der Waals surface area contributed by atoms with Crippen molar-refractivity contribution in [1.29, 1.82) is 0 Å². The second-order valence-electron chi connectivity index (χ2n) is 2.96. The summed E-state index contributed by atoms with van der Waals surface area (Å²) in [5.41, 5.74) is 0.533. The Morgan fingerprint density at radius 1 is 1.57 bits per heavy atom.